The van der Waals surface area contributed by atoms with E-state index in [1.54, 1.807) is 18.5 Å². The smallest absolute Gasteiger partial charge is 0.322 e. The van der Waals surface area contributed by atoms with Gasteiger partial charge in [0.25, 0.3) is 5.91 Å². The normalized spacial score (nSPS) is 11.1. The third kappa shape index (κ3) is 3.55. The lowest BCUT2D eigenvalue weighted by atomic mass is 10.2. The highest BCUT2D eigenvalue weighted by atomic mass is 35.5. The first-order valence-corrected chi connectivity index (χ1v) is 9.41. The lowest BCUT2D eigenvalue weighted by Gasteiger charge is -2.11. The van der Waals surface area contributed by atoms with Gasteiger partial charge in [-0.05, 0) is 6.07 Å². The number of hydrogen-bond acceptors (Lipinski definition) is 7. The molecule has 0 aliphatic carbocycles. The van der Waals surface area contributed by atoms with E-state index in [4.69, 9.17) is 16.7 Å². The molecule has 0 saturated carbocycles. The number of carbonyl (C=O) groups is 2. The van der Waals surface area contributed by atoms with E-state index >= 15 is 0 Å². The van der Waals surface area contributed by atoms with Gasteiger partial charge in [0, 0.05) is 39.2 Å². The number of amides is 1. The minimum absolute atomic E-state index is 0.0987. The zero-order chi connectivity index (χ0) is 20.5. The van der Waals surface area contributed by atoms with Gasteiger partial charge in [-0.3, -0.25) is 14.6 Å². The minimum Gasteiger partial charge on any atom is -0.507 e. The molecule has 0 bridgehead atoms. The Balaban J connectivity index is 1.78. The van der Waals surface area contributed by atoms with Gasteiger partial charge in [0.05, 0.1) is 0 Å². The molecule has 29 heavy (non-hydrogen) atoms. The van der Waals surface area contributed by atoms with Gasteiger partial charge in [-0.2, -0.15) is 5.10 Å². The fourth-order valence-corrected chi connectivity index (χ4v) is 4.04. The summed E-state index contributed by atoms with van der Waals surface area (Å²) in [5.74, 6) is -2.32. The van der Waals surface area contributed by atoms with Gasteiger partial charge in [-0.25, -0.2) is 9.50 Å². The molecule has 0 atom stereocenters. The predicted molar refractivity (Wildman–Crippen MR) is 105 cm³/mol. The number of nitrogens with one attached hydrogen (secondary N) is 1. The number of hydrogen-bond donors (Lipinski definition) is 3. The maximum absolute atomic E-state index is 12.3. The number of nitrogens with zero attached hydrogens (tertiary/aromatic N) is 4. The van der Waals surface area contributed by atoms with Crippen molar-refractivity contribution < 1.29 is 19.8 Å². The summed E-state index contributed by atoms with van der Waals surface area (Å²) in [6, 6.07) is 6.86. The standard InChI is InChI=1S/C18H12ClN5O4S/c19-11-3-1-2-9-10(11)5-20-6-13(9)29-14-4-12(25)16(17-22-8-23-24(14)17)18(28)21-7-15(26)27/h1-6,8,25H,7H2,(H,21,28)(H,26,27). The monoisotopic (exact) mass is 429 g/mol. The molecule has 0 radical (unpaired) electrons. The SMILES string of the molecule is O=C(O)CNC(=O)c1c(O)cc(Sc2cncc3c(Cl)cccc23)n2ncnc12. The van der Waals surface area contributed by atoms with Crippen LogP contribution in [0.5, 0.6) is 5.75 Å². The summed E-state index contributed by atoms with van der Waals surface area (Å²) >= 11 is 7.51. The molecule has 0 fully saturated rings. The van der Waals surface area contributed by atoms with Gasteiger partial charge in [-0.15, -0.1) is 0 Å². The maximum Gasteiger partial charge on any atom is 0.322 e. The summed E-state index contributed by atoms with van der Waals surface area (Å²) in [6.45, 7) is -0.586. The summed E-state index contributed by atoms with van der Waals surface area (Å²) in [4.78, 5) is 32.0. The fraction of sp³-hybridized carbons (Fsp3) is 0.0556. The number of halogens is 1. The number of aromatic hydroxyl groups is 1. The molecule has 3 N–H and O–H groups in total. The van der Waals surface area contributed by atoms with Crippen molar-refractivity contribution in [2.75, 3.05) is 6.54 Å². The molecule has 3 aromatic heterocycles. The number of pyridine rings is 2. The number of carboxylic acid groups (broad SMARTS) is 1. The third-order valence-electron chi connectivity index (χ3n) is 4.05. The zero-order valence-electron chi connectivity index (χ0n) is 14.5. The van der Waals surface area contributed by atoms with Crippen LogP contribution in [0.2, 0.25) is 5.02 Å². The zero-order valence-corrected chi connectivity index (χ0v) is 16.1. The average Bonchev–Trinajstić information content (AvgIpc) is 3.17. The molecule has 3 heterocycles. The Morgan fingerprint density at radius 2 is 2.07 bits per heavy atom. The molecule has 0 aliphatic heterocycles. The van der Waals surface area contributed by atoms with E-state index in [1.165, 1.54) is 28.7 Å². The van der Waals surface area contributed by atoms with Crippen molar-refractivity contribution in [1.29, 1.82) is 0 Å². The maximum atomic E-state index is 12.3. The molecule has 11 heteroatoms. The second-order valence-electron chi connectivity index (χ2n) is 5.89. The number of benzene rings is 1. The van der Waals surface area contributed by atoms with E-state index in [0.717, 1.165) is 15.7 Å². The van der Waals surface area contributed by atoms with Gasteiger partial charge in [0.2, 0.25) is 0 Å². The molecule has 4 rings (SSSR count). The number of fused-ring (bicyclic) bond motifs is 2. The van der Waals surface area contributed by atoms with Crippen LogP contribution >= 0.6 is 23.4 Å². The Kier molecular flexibility index (Phi) is 4.95. The Morgan fingerprint density at radius 1 is 1.24 bits per heavy atom. The quantitative estimate of drug-likeness (QED) is 0.441. The Labute approximate surface area is 172 Å². The van der Waals surface area contributed by atoms with Gasteiger partial charge >= 0.3 is 5.97 Å². The van der Waals surface area contributed by atoms with Crippen molar-refractivity contribution in [1.82, 2.24) is 24.9 Å². The second-order valence-corrected chi connectivity index (χ2v) is 7.36. The van der Waals surface area contributed by atoms with E-state index in [-0.39, 0.29) is 17.0 Å². The molecule has 0 unspecified atom stereocenters. The van der Waals surface area contributed by atoms with Crippen molar-refractivity contribution in [3.63, 3.8) is 0 Å². The molecule has 1 amide bonds. The van der Waals surface area contributed by atoms with Crippen LogP contribution in [0.3, 0.4) is 0 Å². The summed E-state index contributed by atoms with van der Waals surface area (Å²) < 4.78 is 1.39. The highest BCUT2D eigenvalue weighted by Gasteiger charge is 2.21. The van der Waals surface area contributed by atoms with Gasteiger partial charge in [0.15, 0.2) is 5.65 Å². The number of rotatable bonds is 5. The summed E-state index contributed by atoms with van der Waals surface area (Å²) in [5, 5.41) is 28.2. The molecular weight excluding hydrogens is 418 g/mol. The van der Waals surface area contributed by atoms with E-state index in [0.29, 0.717) is 10.0 Å². The van der Waals surface area contributed by atoms with Crippen LogP contribution in [0.15, 0.2) is 52.9 Å². The highest BCUT2D eigenvalue weighted by Crippen LogP contribution is 2.37. The average molecular weight is 430 g/mol. The van der Waals surface area contributed by atoms with E-state index in [1.807, 2.05) is 12.1 Å². The minimum atomic E-state index is -1.20. The van der Waals surface area contributed by atoms with Gasteiger partial charge in [0.1, 0.15) is 29.2 Å². The van der Waals surface area contributed by atoms with Crippen molar-refractivity contribution in [3.8, 4) is 5.75 Å². The molecule has 146 valence electrons. The number of carbonyl (C=O) groups excluding carboxylic acids is 1. The van der Waals surface area contributed by atoms with Crippen molar-refractivity contribution in [2.45, 2.75) is 9.92 Å². The molecular formula is C18H12ClN5O4S. The number of aromatic nitrogens is 4. The first-order valence-electron chi connectivity index (χ1n) is 8.21. The third-order valence-corrected chi connectivity index (χ3v) is 5.43. The van der Waals surface area contributed by atoms with E-state index in [2.05, 4.69) is 20.4 Å². The molecule has 9 nitrogen and oxygen atoms in total. The number of aliphatic carboxylic acids is 1. The van der Waals surface area contributed by atoms with Crippen LogP contribution in [-0.2, 0) is 4.79 Å². The van der Waals surface area contributed by atoms with Crippen molar-refractivity contribution in [2.24, 2.45) is 0 Å². The van der Waals surface area contributed by atoms with Crippen molar-refractivity contribution in [3.05, 3.63) is 53.6 Å². The number of carboxylic acids is 1. The van der Waals surface area contributed by atoms with Crippen molar-refractivity contribution >= 4 is 51.7 Å². The van der Waals surface area contributed by atoms with Crippen LogP contribution in [0.4, 0.5) is 0 Å². The molecule has 0 aliphatic rings. The topological polar surface area (TPSA) is 130 Å². The Bertz CT molecular complexity index is 1280. The van der Waals surface area contributed by atoms with Crippen LogP contribution in [-0.4, -0.2) is 48.2 Å². The molecule has 1 aromatic carbocycles. The Hall–Kier alpha value is -3.37. The van der Waals surface area contributed by atoms with Gasteiger partial charge < -0.3 is 15.5 Å². The largest absolute Gasteiger partial charge is 0.507 e. The highest BCUT2D eigenvalue weighted by molar-refractivity contribution is 7.99. The summed E-state index contributed by atoms with van der Waals surface area (Å²) in [6.07, 6.45) is 4.57. The molecule has 4 aromatic rings. The first-order chi connectivity index (χ1) is 14.0. The van der Waals surface area contributed by atoms with Crippen LogP contribution in [0.1, 0.15) is 10.4 Å². The van der Waals surface area contributed by atoms with E-state index < -0.39 is 18.4 Å². The first kappa shape index (κ1) is 19.0. The van der Waals surface area contributed by atoms with Gasteiger partial charge in [-0.1, -0.05) is 35.5 Å². The Morgan fingerprint density at radius 3 is 2.86 bits per heavy atom. The lowest BCUT2D eigenvalue weighted by Crippen LogP contribution is -2.29. The fourth-order valence-electron chi connectivity index (χ4n) is 2.80. The molecule has 0 spiro atoms. The predicted octanol–water partition coefficient (Wildman–Crippen LogP) is 2.60. The lowest BCUT2D eigenvalue weighted by molar-refractivity contribution is -0.135. The van der Waals surface area contributed by atoms with Crippen LogP contribution in [0.25, 0.3) is 16.4 Å². The summed E-state index contributed by atoms with van der Waals surface area (Å²) in [7, 11) is 0. The summed E-state index contributed by atoms with van der Waals surface area (Å²) in [5.41, 5.74) is -0.0613. The van der Waals surface area contributed by atoms with E-state index in [9.17, 15) is 14.7 Å². The molecule has 0 saturated heterocycles. The second kappa shape index (κ2) is 7.57. The van der Waals surface area contributed by atoms with Crippen LogP contribution in [0, 0.1) is 0 Å². The van der Waals surface area contributed by atoms with Crippen LogP contribution < -0.4 is 5.32 Å².